The molecule has 28 heavy (non-hydrogen) atoms. The lowest BCUT2D eigenvalue weighted by Gasteiger charge is -2.10. The number of carbonyl (C=O) groups excluding carboxylic acids is 2. The van der Waals surface area contributed by atoms with Crippen LogP contribution in [-0.2, 0) is 6.54 Å². The van der Waals surface area contributed by atoms with Gasteiger partial charge in [0.2, 0.25) is 0 Å². The van der Waals surface area contributed by atoms with E-state index in [-0.39, 0.29) is 29.5 Å². The van der Waals surface area contributed by atoms with Crippen molar-refractivity contribution in [1.29, 1.82) is 0 Å². The van der Waals surface area contributed by atoms with Crippen LogP contribution < -0.4 is 15.4 Å². The third-order valence-electron chi connectivity index (χ3n) is 3.99. The lowest BCUT2D eigenvalue weighted by Crippen LogP contribution is -2.24. The molecular formula is C21H19N3O4. The number of anilines is 1. The smallest absolute Gasteiger partial charge is 0.274 e. The molecule has 0 radical (unpaired) electrons. The number of amides is 2. The number of phenolic OH excluding ortho intramolecular Hbond substituents is 1. The minimum atomic E-state index is -0.419. The summed E-state index contributed by atoms with van der Waals surface area (Å²) >= 11 is 0. The second kappa shape index (κ2) is 8.68. The molecule has 0 unspecified atom stereocenters. The minimum absolute atomic E-state index is 0.0901. The number of nitrogens with one attached hydrogen (secondary N) is 2. The van der Waals surface area contributed by atoms with Crippen molar-refractivity contribution in [1.82, 2.24) is 10.3 Å². The summed E-state index contributed by atoms with van der Waals surface area (Å²) in [5.74, 6) is -0.477. The topological polar surface area (TPSA) is 101 Å². The lowest BCUT2D eigenvalue weighted by atomic mass is 10.1. The van der Waals surface area contributed by atoms with Crippen LogP contribution in [0.5, 0.6) is 11.5 Å². The van der Waals surface area contributed by atoms with Crippen LogP contribution in [0.25, 0.3) is 0 Å². The highest BCUT2D eigenvalue weighted by molar-refractivity contribution is 6.06. The third kappa shape index (κ3) is 4.45. The Hall–Kier alpha value is -3.87. The zero-order chi connectivity index (χ0) is 19.9. The van der Waals surface area contributed by atoms with Crippen molar-refractivity contribution in [3.63, 3.8) is 0 Å². The average molecular weight is 377 g/mol. The van der Waals surface area contributed by atoms with Crippen LogP contribution in [-0.4, -0.2) is 29.0 Å². The van der Waals surface area contributed by atoms with E-state index >= 15 is 0 Å². The van der Waals surface area contributed by atoms with E-state index < -0.39 is 5.91 Å². The summed E-state index contributed by atoms with van der Waals surface area (Å²) in [5.41, 5.74) is 1.73. The summed E-state index contributed by atoms with van der Waals surface area (Å²) in [6.07, 6.45) is 1.52. The number of nitrogens with zero attached hydrogens (tertiary/aromatic N) is 1. The van der Waals surface area contributed by atoms with Crippen molar-refractivity contribution in [2.45, 2.75) is 6.54 Å². The third-order valence-corrected chi connectivity index (χ3v) is 3.99. The van der Waals surface area contributed by atoms with Gasteiger partial charge in [0.15, 0.2) is 5.69 Å². The molecule has 0 aliphatic rings. The Labute approximate surface area is 162 Å². The molecule has 1 aromatic heterocycles. The zero-order valence-electron chi connectivity index (χ0n) is 15.2. The highest BCUT2D eigenvalue weighted by Crippen LogP contribution is 2.19. The first kappa shape index (κ1) is 18.9. The molecule has 7 heteroatoms. The maximum absolute atomic E-state index is 12.3. The van der Waals surface area contributed by atoms with Gasteiger partial charge < -0.3 is 20.5 Å². The monoisotopic (exact) mass is 377 g/mol. The van der Waals surface area contributed by atoms with Crippen molar-refractivity contribution < 1.29 is 19.4 Å². The molecule has 2 amide bonds. The van der Waals surface area contributed by atoms with Crippen LogP contribution in [0.1, 0.15) is 26.4 Å². The Morgan fingerprint density at radius 3 is 2.64 bits per heavy atom. The number of aromatic hydroxyl groups is 1. The summed E-state index contributed by atoms with van der Waals surface area (Å²) in [7, 11) is 1.48. The predicted molar refractivity (Wildman–Crippen MR) is 104 cm³/mol. The Bertz CT molecular complexity index is 1000. The van der Waals surface area contributed by atoms with Crippen LogP contribution in [0.4, 0.5) is 5.69 Å². The predicted octanol–water partition coefficient (Wildman–Crippen LogP) is 2.98. The molecule has 3 aromatic rings. The van der Waals surface area contributed by atoms with Crippen LogP contribution in [0.3, 0.4) is 0 Å². The Morgan fingerprint density at radius 1 is 1.04 bits per heavy atom. The number of aromatic nitrogens is 1. The van der Waals surface area contributed by atoms with E-state index in [0.29, 0.717) is 11.4 Å². The quantitative estimate of drug-likeness (QED) is 0.613. The van der Waals surface area contributed by atoms with Crippen LogP contribution in [0, 0.1) is 0 Å². The van der Waals surface area contributed by atoms with Gasteiger partial charge in [-0.05, 0) is 42.0 Å². The van der Waals surface area contributed by atoms with Gasteiger partial charge in [-0.25, -0.2) is 4.98 Å². The number of carbonyl (C=O) groups is 2. The second-order valence-electron chi connectivity index (χ2n) is 5.91. The fraction of sp³-hybridized carbons (Fsp3) is 0.0952. The molecule has 0 saturated heterocycles. The summed E-state index contributed by atoms with van der Waals surface area (Å²) in [5, 5.41) is 15.3. The van der Waals surface area contributed by atoms with Crippen molar-refractivity contribution in [2.75, 3.05) is 12.4 Å². The number of rotatable bonds is 6. The molecule has 0 atom stereocenters. The van der Waals surface area contributed by atoms with E-state index in [4.69, 9.17) is 4.74 Å². The summed E-state index contributed by atoms with van der Waals surface area (Å²) < 4.78 is 5.14. The summed E-state index contributed by atoms with van der Waals surface area (Å²) in [4.78, 5) is 28.7. The van der Waals surface area contributed by atoms with E-state index in [1.165, 1.54) is 25.4 Å². The molecule has 7 nitrogen and oxygen atoms in total. The lowest BCUT2D eigenvalue weighted by molar-refractivity contribution is 0.0941. The van der Waals surface area contributed by atoms with Crippen molar-refractivity contribution in [2.24, 2.45) is 0 Å². The number of methoxy groups -OCH3 is 1. The summed E-state index contributed by atoms with van der Waals surface area (Å²) in [6.45, 7) is 0.249. The summed E-state index contributed by atoms with van der Waals surface area (Å²) in [6, 6.07) is 16.7. The molecule has 142 valence electrons. The van der Waals surface area contributed by atoms with Gasteiger partial charge in [0, 0.05) is 18.4 Å². The molecule has 0 aliphatic carbocycles. The maximum atomic E-state index is 12.3. The van der Waals surface area contributed by atoms with Crippen molar-refractivity contribution in [3.05, 3.63) is 83.7 Å². The molecule has 0 bridgehead atoms. The molecule has 3 rings (SSSR count). The Kier molecular flexibility index (Phi) is 5.86. The van der Waals surface area contributed by atoms with Gasteiger partial charge in [-0.2, -0.15) is 0 Å². The SMILES string of the molecule is COc1cccnc1C(=O)NCc1cccc(NC(=O)c2ccccc2O)c1. The van der Waals surface area contributed by atoms with Gasteiger partial charge in [-0.1, -0.05) is 24.3 Å². The van der Waals surface area contributed by atoms with E-state index in [0.717, 1.165) is 5.56 Å². The molecular weight excluding hydrogens is 358 g/mol. The first-order valence-electron chi connectivity index (χ1n) is 8.54. The number of ether oxygens (including phenoxy) is 1. The average Bonchev–Trinajstić information content (AvgIpc) is 2.72. The minimum Gasteiger partial charge on any atom is -0.507 e. The number of hydrogen-bond donors (Lipinski definition) is 3. The molecule has 0 aliphatic heterocycles. The van der Waals surface area contributed by atoms with E-state index in [2.05, 4.69) is 15.6 Å². The first-order chi connectivity index (χ1) is 13.6. The number of pyridine rings is 1. The Balaban J connectivity index is 1.66. The van der Waals surface area contributed by atoms with Gasteiger partial charge in [-0.3, -0.25) is 9.59 Å². The van der Waals surface area contributed by atoms with E-state index in [9.17, 15) is 14.7 Å². The van der Waals surface area contributed by atoms with Crippen LogP contribution in [0.15, 0.2) is 66.9 Å². The van der Waals surface area contributed by atoms with E-state index in [1.54, 1.807) is 42.5 Å². The highest BCUT2D eigenvalue weighted by Gasteiger charge is 2.13. The molecule has 2 aromatic carbocycles. The molecule has 0 fully saturated rings. The number of hydrogen-bond acceptors (Lipinski definition) is 5. The maximum Gasteiger partial charge on any atom is 0.274 e. The van der Waals surface area contributed by atoms with Gasteiger partial charge in [-0.15, -0.1) is 0 Å². The van der Waals surface area contributed by atoms with Gasteiger partial charge in [0.25, 0.3) is 11.8 Å². The fourth-order valence-electron chi connectivity index (χ4n) is 2.61. The number of para-hydroxylation sites is 1. The molecule has 1 heterocycles. The largest absolute Gasteiger partial charge is 0.507 e. The van der Waals surface area contributed by atoms with E-state index in [1.807, 2.05) is 6.07 Å². The Morgan fingerprint density at radius 2 is 1.86 bits per heavy atom. The standard InChI is InChI=1S/C21H19N3O4/c1-28-18-10-5-11-22-19(18)21(27)23-13-14-6-4-7-15(12-14)24-20(26)16-8-2-3-9-17(16)25/h2-12,25H,13H2,1H3,(H,23,27)(H,24,26). The van der Waals surface area contributed by atoms with Crippen molar-refractivity contribution >= 4 is 17.5 Å². The molecule has 3 N–H and O–H groups in total. The second-order valence-corrected chi connectivity index (χ2v) is 5.91. The fourth-order valence-corrected chi connectivity index (χ4v) is 2.61. The van der Waals surface area contributed by atoms with Crippen LogP contribution >= 0.6 is 0 Å². The zero-order valence-corrected chi connectivity index (χ0v) is 15.2. The normalized spacial score (nSPS) is 10.2. The first-order valence-corrected chi connectivity index (χ1v) is 8.54. The molecule has 0 spiro atoms. The van der Waals surface area contributed by atoms with Gasteiger partial charge in [0.1, 0.15) is 11.5 Å². The van der Waals surface area contributed by atoms with Crippen LogP contribution in [0.2, 0.25) is 0 Å². The number of phenols is 1. The van der Waals surface area contributed by atoms with Gasteiger partial charge in [0.05, 0.1) is 12.7 Å². The van der Waals surface area contributed by atoms with Crippen molar-refractivity contribution in [3.8, 4) is 11.5 Å². The highest BCUT2D eigenvalue weighted by atomic mass is 16.5. The van der Waals surface area contributed by atoms with Gasteiger partial charge >= 0.3 is 0 Å². The molecule has 0 saturated carbocycles. The number of benzene rings is 2.